The second-order valence-electron chi connectivity index (χ2n) is 4.81. The van der Waals surface area contributed by atoms with E-state index in [0.29, 0.717) is 10.9 Å². The lowest BCUT2D eigenvalue weighted by molar-refractivity contribution is -0.118. The molecule has 24 heavy (non-hydrogen) atoms. The van der Waals surface area contributed by atoms with Gasteiger partial charge in [0.2, 0.25) is 5.88 Å². The lowest BCUT2D eigenvalue weighted by atomic mass is 10.2. The van der Waals surface area contributed by atoms with Crippen LogP contribution in [0.3, 0.4) is 0 Å². The van der Waals surface area contributed by atoms with Crippen molar-refractivity contribution in [3.05, 3.63) is 58.8 Å². The van der Waals surface area contributed by atoms with Crippen molar-refractivity contribution in [3.8, 4) is 5.88 Å². The number of nitrogens with zero attached hydrogens (tertiary/aromatic N) is 2. The molecule has 1 heterocycles. The number of benzene rings is 2. The van der Waals surface area contributed by atoms with Gasteiger partial charge in [0.05, 0.1) is 10.9 Å². The van der Waals surface area contributed by atoms with Crippen molar-refractivity contribution in [1.82, 2.24) is 9.97 Å². The third kappa shape index (κ3) is 3.65. The summed E-state index contributed by atoms with van der Waals surface area (Å²) in [5, 5.41) is 3.06. The van der Waals surface area contributed by atoms with Crippen LogP contribution in [0.15, 0.2) is 47.2 Å². The van der Waals surface area contributed by atoms with Gasteiger partial charge in [0.15, 0.2) is 18.2 Å². The van der Waals surface area contributed by atoms with Crippen molar-refractivity contribution in [2.75, 3.05) is 11.9 Å². The van der Waals surface area contributed by atoms with Crippen LogP contribution in [0.5, 0.6) is 5.88 Å². The Morgan fingerprint density at radius 2 is 1.96 bits per heavy atom. The lowest BCUT2D eigenvalue weighted by Gasteiger charge is -2.09. The van der Waals surface area contributed by atoms with Crippen LogP contribution in [0.2, 0.25) is 0 Å². The Morgan fingerprint density at radius 3 is 2.75 bits per heavy atom. The monoisotopic (exact) mass is 393 g/mol. The Labute approximate surface area is 143 Å². The van der Waals surface area contributed by atoms with Crippen LogP contribution in [-0.4, -0.2) is 22.5 Å². The lowest BCUT2D eigenvalue weighted by Crippen LogP contribution is -2.20. The van der Waals surface area contributed by atoms with Crippen molar-refractivity contribution in [1.29, 1.82) is 0 Å². The van der Waals surface area contributed by atoms with Gasteiger partial charge in [0, 0.05) is 16.2 Å². The predicted molar refractivity (Wildman–Crippen MR) is 87.7 cm³/mol. The van der Waals surface area contributed by atoms with Crippen LogP contribution < -0.4 is 10.1 Å². The first-order valence-corrected chi connectivity index (χ1v) is 7.60. The summed E-state index contributed by atoms with van der Waals surface area (Å²) in [5.74, 6) is -2.30. The Hall–Kier alpha value is -2.61. The zero-order valence-electron chi connectivity index (χ0n) is 12.1. The second-order valence-corrected chi connectivity index (χ2v) is 5.72. The molecular formula is C16H10BrF2N3O2. The molecule has 2 aromatic carbocycles. The van der Waals surface area contributed by atoms with Gasteiger partial charge >= 0.3 is 0 Å². The minimum Gasteiger partial charge on any atom is -0.467 e. The zero-order chi connectivity index (χ0) is 17.1. The van der Waals surface area contributed by atoms with E-state index < -0.39 is 17.5 Å². The normalized spacial score (nSPS) is 10.6. The van der Waals surface area contributed by atoms with Crippen LogP contribution in [0.1, 0.15) is 0 Å². The topological polar surface area (TPSA) is 64.1 Å². The number of hydrogen-bond acceptors (Lipinski definition) is 4. The summed E-state index contributed by atoms with van der Waals surface area (Å²) in [6.07, 6.45) is 1.33. The molecule has 0 unspecified atom stereocenters. The van der Waals surface area contributed by atoms with Gasteiger partial charge in [-0.3, -0.25) is 4.79 Å². The summed E-state index contributed by atoms with van der Waals surface area (Å²) < 4.78 is 32.2. The number of nitrogens with one attached hydrogen (secondary N) is 1. The van der Waals surface area contributed by atoms with E-state index in [1.54, 1.807) is 12.1 Å². The van der Waals surface area contributed by atoms with E-state index in [1.165, 1.54) is 12.4 Å². The van der Waals surface area contributed by atoms with Gasteiger partial charge in [-0.05, 0) is 30.3 Å². The number of fused-ring (bicyclic) bond motifs is 1. The molecule has 5 nitrogen and oxygen atoms in total. The maximum absolute atomic E-state index is 13.1. The Morgan fingerprint density at radius 1 is 1.12 bits per heavy atom. The van der Waals surface area contributed by atoms with Crippen molar-refractivity contribution in [3.63, 3.8) is 0 Å². The number of carbonyl (C=O) groups is 1. The molecule has 3 rings (SSSR count). The van der Waals surface area contributed by atoms with E-state index in [-0.39, 0.29) is 18.2 Å². The third-order valence-corrected chi connectivity index (χ3v) is 3.60. The number of halogens is 3. The van der Waals surface area contributed by atoms with Crippen molar-refractivity contribution < 1.29 is 18.3 Å². The smallest absolute Gasteiger partial charge is 0.262 e. The van der Waals surface area contributed by atoms with Gasteiger partial charge in [-0.25, -0.2) is 18.7 Å². The average molecular weight is 394 g/mol. The number of aromatic nitrogens is 2. The summed E-state index contributed by atoms with van der Waals surface area (Å²) in [6.45, 7) is -0.336. The van der Waals surface area contributed by atoms with E-state index in [4.69, 9.17) is 4.74 Å². The highest BCUT2D eigenvalue weighted by Gasteiger charge is 2.10. The summed E-state index contributed by atoms with van der Waals surface area (Å²) >= 11 is 3.35. The van der Waals surface area contributed by atoms with Crippen LogP contribution in [0.4, 0.5) is 14.5 Å². The van der Waals surface area contributed by atoms with Gasteiger partial charge in [-0.15, -0.1) is 0 Å². The number of hydrogen-bond donors (Lipinski definition) is 1. The van der Waals surface area contributed by atoms with E-state index in [0.717, 1.165) is 16.6 Å². The second kappa shape index (κ2) is 6.88. The first-order chi connectivity index (χ1) is 11.5. The molecule has 3 aromatic rings. The molecule has 0 fully saturated rings. The van der Waals surface area contributed by atoms with Crippen molar-refractivity contribution in [2.45, 2.75) is 0 Å². The average Bonchev–Trinajstić information content (AvgIpc) is 2.56. The molecule has 0 radical (unpaired) electrons. The standard InChI is InChI=1S/C16H10BrF2N3O2/c17-9-1-4-14-11(5-9)16(21-8-20-14)24-7-15(23)22-10-2-3-12(18)13(19)6-10/h1-6,8H,7H2,(H,22,23). The van der Waals surface area contributed by atoms with Gasteiger partial charge in [-0.1, -0.05) is 15.9 Å². The predicted octanol–water partition coefficient (Wildman–Crippen LogP) is 3.69. The van der Waals surface area contributed by atoms with Crippen molar-refractivity contribution in [2.24, 2.45) is 0 Å². The Bertz CT molecular complexity index is 921. The molecule has 1 aromatic heterocycles. The Kier molecular flexibility index (Phi) is 4.66. The van der Waals surface area contributed by atoms with E-state index in [2.05, 4.69) is 31.2 Å². The fourth-order valence-electron chi connectivity index (χ4n) is 2.03. The van der Waals surface area contributed by atoms with Crippen LogP contribution in [0, 0.1) is 11.6 Å². The zero-order valence-corrected chi connectivity index (χ0v) is 13.7. The fourth-order valence-corrected chi connectivity index (χ4v) is 2.39. The highest BCUT2D eigenvalue weighted by molar-refractivity contribution is 9.10. The van der Waals surface area contributed by atoms with Crippen LogP contribution in [0.25, 0.3) is 10.9 Å². The summed E-state index contributed by atoms with van der Waals surface area (Å²) in [7, 11) is 0. The molecule has 0 aliphatic carbocycles. The van der Waals surface area contributed by atoms with Crippen LogP contribution >= 0.6 is 15.9 Å². The van der Waals surface area contributed by atoms with E-state index >= 15 is 0 Å². The van der Waals surface area contributed by atoms with E-state index in [9.17, 15) is 13.6 Å². The fraction of sp³-hybridized carbons (Fsp3) is 0.0625. The molecule has 1 amide bonds. The molecule has 1 N–H and O–H groups in total. The molecular weight excluding hydrogens is 384 g/mol. The SMILES string of the molecule is O=C(COc1ncnc2ccc(Br)cc12)Nc1ccc(F)c(F)c1. The quantitative estimate of drug-likeness (QED) is 0.733. The first-order valence-electron chi connectivity index (χ1n) is 6.81. The summed E-state index contributed by atoms with van der Waals surface area (Å²) in [6, 6.07) is 8.47. The minimum absolute atomic E-state index is 0.137. The number of amides is 1. The Balaban J connectivity index is 1.70. The maximum atomic E-state index is 13.1. The highest BCUT2D eigenvalue weighted by atomic mass is 79.9. The number of carbonyl (C=O) groups excluding carboxylic acids is 1. The molecule has 122 valence electrons. The minimum atomic E-state index is -1.04. The maximum Gasteiger partial charge on any atom is 0.262 e. The molecule has 0 bridgehead atoms. The highest BCUT2D eigenvalue weighted by Crippen LogP contribution is 2.24. The van der Waals surface area contributed by atoms with Crippen molar-refractivity contribution >= 4 is 38.4 Å². The first kappa shape index (κ1) is 16.3. The molecule has 0 spiro atoms. The molecule has 0 aliphatic heterocycles. The molecule has 0 aliphatic rings. The summed E-state index contributed by atoms with van der Waals surface area (Å²) in [4.78, 5) is 20.0. The molecule has 8 heteroatoms. The van der Waals surface area contributed by atoms with Crippen LogP contribution in [-0.2, 0) is 4.79 Å². The van der Waals surface area contributed by atoms with Gasteiger partial charge in [0.1, 0.15) is 6.33 Å². The van der Waals surface area contributed by atoms with Gasteiger partial charge < -0.3 is 10.1 Å². The number of ether oxygens (including phenoxy) is 1. The largest absolute Gasteiger partial charge is 0.467 e. The van der Waals surface area contributed by atoms with E-state index in [1.807, 2.05) is 6.07 Å². The molecule has 0 atom stereocenters. The molecule has 0 saturated heterocycles. The van der Waals surface area contributed by atoms with Gasteiger partial charge in [0.25, 0.3) is 5.91 Å². The molecule has 0 saturated carbocycles. The number of anilines is 1. The number of rotatable bonds is 4. The van der Waals surface area contributed by atoms with Gasteiger partial charge in [-0.2, -0.15) is 0 Å². The third-order valence-electron chi connectivity index (χ3n) is 3.10. The summed E-state index contributed by atoms with van der Waals surface area (Å²) in [5.41, 5.74) is 0.807.